The standard InChI is InChI=1S/C39H54N6O8S/c1-23-12-8-9-13-25-20-39(25,35(48)44-54(50,51)38(6)16-17-38)42-32(46)29-19-26(53-33-28-15-11-10-14-27(28)30(52-7)21-40-33)22-45(29)34(47)31(24(2)18-23)41-36(49)43-37(3,4)5/h9-11,13-15,21,23-26,29,31H,8,12,16-20,22H2,1-7H3,(H,42,46)(H,44,48)(H2,41,43,49)/b13-9-/t23-,24+,25+,26+,29-,31-,39+/m0/s1/i7D3. The Morgan fingerprint density at radius 3 is 2.52 bits per heavy atom. The molecule has 3 fully saturated rings. The first-order chi connectivity index (χ1) is 26.5. The number of sulfonamides is 1. The van der Waals surface area contributed by atoms with E-state index >= 15 is 0 Å². The predicted molar refractivity (Wildman–Crippen MR) is 203 cm³/mol. The molecule has 0 radical (unpaired) electrons. The number of fused-ring (bicyclic) bond motifs is 3. The molecule has 7 atom stereocenters. The molecule has 1 aromatic heterocycles. The van der Waals surface area contributed by atoms with Crippen molar-refractivity contribution in [1.29, 1.82) is 0 Å². The van der Waals surface area contributed by atoms with Crippen LogP contribution >= 0.6 is 0 Å². The van der Waals surface area contributed by atoms with Crippen molar-refractivity contribution >= 4 is 44.5 Å². The Morgan fingerprint density at radius 2 is 1.83 bits per heavy atom. The highest BCUT2D eigenvalue weighted by Crippen LogP contribution is 2.47. The minimum atomic E-state index is -4.03. The van der Waals surface area contributed by atoms with Gasteiger partial charge in [-0.1, -0.05) is 44.2 Å². The van der Waals surface area contributed by atoms with Crippen LogP contribution in [0, 0.1) is 17.8 Å². The maximum atomic E-state index is 14.8. The van der Waals surface area contributed by atoms with Gasteiger partial charge in [0.1, 0.15) is 29.5 Å². The van der Waals surface area contributed by atoms with Gasteiger partial charge < -0.3 is 30.3 Å². The molecule has 5 amide bonds. The minimum absolute atomic E-state index is 0.0200. The van der Waals surface area contributed by atoms with Crippen LogP contribution < -0.4 is 30.1 Å². The molecule has 2 aliphatic heterocycles. The molecule has 4 aliphatic rings. The first kappa shape index (κ1) is 35.3. The van der Waals surface area contributed by atoms with Crippen molar-refractivity contribution in [2.45, 2.75) is 121 Å². The van der Waals surface area contributed by atoms with Gasteiger partial charge in [-0.2, -0.15) is 0 Å². The Labute approximate surface area is 321 Å². The average Bonchev–Trinajstić information content (AvgIpc) is 3.98. The molecule has 54 heavy (non-hydrogen) atoms. The molecule has 0 unspecified atom stereocenters. The fraction of sp³-hybridized carbons (Fsp3) is 0.615. The second-order valence-electron chi connectivity index (χ2n) is 16.9. The van der Waals surface area contributed by atoms with E-state index in [0.717, 1.165) is 6.42 Å². The maximum absolute atomic E-state index is 14.8. The normalized spacial score (nSPS) is 31.4. The van der Waals surface area contributed by atoms with E-state index in [1.54, 1.807) is 31.2 Å². The molecule has 2 aliphatic carbocycles. The van der Waals surface area contributed by atoms with Crippen LogP contribution in [0.15, 0.2) is 42.6 Å². The highest BCUT2D eigenvalue weighted by Gasteiger charge is 2.63. The third-order valence-corrected chi connectivity index (χ3v) is 13.3. The van der Waals surface area contributed by atoms with Crippen LogP contribution in [0.4, 0.5) is 4.79 Å². The van der Waals surface area contributed by atoms with Crippen molar-refractivity contribution in [3.05, 3.63) is 42.6 Å². The highest BCUT2D eigenvalue weighted by molar-refractivity contribution is 7.91. The Bertz CT molecular complexity index is 2050. The Balaban J connectivity index is 1.35. The van der Waals surface area contributed by atoms with E-state index in [-0.39, 0.29) is 42.9 Å². The van der Waals surface area contributed by atoms with Crippen molar-refractivity contribution in [3.8, 4) is 11.6 Å². The third kappa shape index (κ3) is 8.15. The van der Waals surface area contributed by atoms with E-state index in [0.29, 0.717) is 36.5 Å². The number of hydrogen-bond donors (Lipinski definition) is 4. The van der Waals surface area contributed by atoms with E-state index < -0.39 is 80.7 Å². The molecule has 1 aromatic carbocycles. The van der Waals surface area contributed by atoms with Crippen molar-refractivity contribution in [3.63, 3.8) is 0 Å². The summed E-state index contributed by atoms with van der Waals surface area (Å²) < 4.78 is 61.9. The summed E-state index contributed by atoms with van der Waals surface area (Å²) in [5, 5.41) is 9.48. The molecule has 0 spiro atoms. The summed E-state index contributed by atoms with van der Waals surface area (Å²) in [6.07, 6.45) is 7.16. The molecule has 0 bridgehead atoms. The topological polar surface area (TPSA) is 185 Å². The third-order valence-electron chi connectivity index (χ3n) is 11.1. The van der Waals surface area contributed by atoms with Gasteiger partial charge in [-0.05, 0) is 84.1 Å². The zero-order valence-electron chi connectivity index (χ0n) is 34.7. The molecule has 14 nitrogen and oxygen atoms in total. The zero-order valence-corrected chi connectivity index (χ0v) is 32.5. The molecule has 294 valence electrons. The Kier molecular flexibility index (Phi) is 9.60. The van der Waals surface area contributed by atoms with Crippen LogP contribution in [0.1, 0.15) is 90.6 Å². The van der Waals surface area contributed by atoms with Gasteiger partial charge in [-0.15, -0.1) is 0 Å². The smallest absolute Gasteiger partial charge is 0.315 e. The van der Waals surface area contributed by atoms with Gasteiger partial charge in [0.2, 0.25) is 27.7 Å². The minimum Gasteiger partial charge on any atom is -0.494 e. The second-order valence-corrected chi connectivity index (χ2v) is 19.1. The lowest BCUT2D eigenvalue weighted by molar-refractivity contribution is -0.142. The quantitative estimate of drug-likeness (QED) is 0.303. The number of aromatic nitrogens is 1. The fourth-order valence-corrected chi connectivity index (χ4v) is 8.90. The molecule has 2 aromatic rings. The number of benzene rings is 1. The number of rotatable bonds is 7. The summed E-state index contributed by atoms with van der Waals surface area (Å²) in [6, 6.07) is 4.00. The van der Waals surface area contributed by atoms with Gasteiger partial charge in [0.25, 0.3) is 5.91 Å². The van der Waals surface area contributed by atoms with Crippen LogP contribution in [0.5, 0.6) is 11.6 Å². The van der Waals surface area contributed by atoms with E-state index in [2.05, 4.69) is 32.6 Å². The summed E-state index contributed by atoms with van der Waals surface area (Å²) in [5.74, 6) is -2.60. The lowest BCUT2D eigenvalue weighted by Crippen LogP contribution is -2.60. The fourth-order valence-electron chi connectivity index (χ4n) is 7.59. The van der Waals surface area contributed by atoms with E-state index in [9.17, 15) is 27.6 Å². The number of urea groups is 1. The summed E-state index contributed by atoms with van der Waals surface area (Å²) in [4.78, 5) is 62.3. The SMILES string of the molecule is [2H]C([2H])([2H])Oc1cnc(O[C@@H]2C[C@H]3C(=O)N[C@]4(C(=O)NS(=O)(=O)C5(C)CC5)C[C@H]4/C=C\CC[C@H](C)C[C@@H](C)[C@H](NC(=O)NC(C)(C)C)C(=O)N3C2)c2ccccc12. The summed E-state index contributed by atoms with van der Waals surface area (Å²) in [5.41, 5.74) is -2.18. The maximum Gasteiger partial charge on any atom is 0.315 e. The first-order valence-corrected chi connectivity index (χ1v) is 20.2. The zero-order chi connectivity index (χ0) is 41.7. The summed E-state index contributed by atoms with van der Waals surface area (Å²) >= 11 is 0. The van der Waals surface area contributed by atoms with E-state index in [1.165, 1.54) is 11.1 Å². The highest BCUT2D eigenvalue weighted by atomic mass is 32.2. The van der Waals surface area contributed by atoms with Crippen LogP contribution in [-0.4, -0.2) is 89.6 Å². The number of ether oxygens (including phenoxy) is 2. The molecule has 4 N–H and O–H groups in total. The molecular weight excluding hydrogens is 713 g/mol. The second kappa shape index (κ2) is 14.7. The van der Waals surface area contributed by atoms with Crippen molar-refractivity contribution in [1.82, 2.24) is 30.6 Å². The van der Waals surface area contributed by atoms with Crippen LogP contribution in [0.3, 0.4) is 0 Å². The van der Waals surface area contributed by atoms with Crippen molar-refractivity contribution in [2.24, 2.45) is 17.8 Å². The van der Waals surface area contributed by atoms with Gasteiger partial charge in [-0.25, -0.2) is 18.2 Å². The van der Waals surface area contributed by atoms with Crippen LogP contribution in [0.25, 0.3) is 10.8 Å². The average molecular weight is 770 g/mol. The number of methoxy groups -OCH3 is 1. The van der Waals surface area contributed by atoms with E-state index in [4.69, 9.17) is 13.6 Å². The predicted octanol–water partition coefficient (Wildman–Crippen LogP) is 3.94. The first-order valence-electron chi connectivity index (χ1n) is 20.2. The number of amides is 5. The van der Waals surface area contributed by atoms with Crippen LogP contribution in [-0.2, 0) is 24.4 Å². The molecule has 6 rings (SSSR count). The van der Waals surface area contributed by atoms with E-state index in [1.807, 2.05) is 39.8 Å². The van der Waals surface area contributed by atoms with Gasteiger partial charge in [0.05, 0.1) is 28.6 Å². The number of carbonyl (C=O) groups excluding carboxylic acids is 4. The number of allylic oxidation sites excluding steroid dienone is 1. The number of hydrogen-bond acceptors (Lipinski definition) is 9. The number of nitrogens with one attached hydrogen (secondary N) is 4. The molecule has 2 saturated carbocycles. The van der Waals surface area contributed by atoms with Crippen molar-refractivity contribution in [2.75, 3.05) is 13.6 Å². The molecule has 1 saturated heterocycles. The Hall–Kier alpha value is -4.40. The van der Waals surface area contributed by atoms with Gasteiger partial charge in [0.15, 0.2) is 0 Å². The van der Waals surface area contributed by atoms with Crippen molar-refractivity contribution < 1.29 is 41.2 Å². The summed E-state index contributed by atoms with van der Waals surface area (Å²) in [6.45, 7) is 10.9. The number of pyridine rings is 1. The lowest BCUT2D eigenvalue weighted by Gasteiger charge is -2.33. The monoisotopic (exact) mass is 769 g/mol. The van der Waals surface area contributed by atoms with Gasteiger partial charge >= 0.3 is 6.03 Å². The lowest BCUT2D eigenvalue weighted by atomic mass is 9.88. The van der Waals surface area contributed by atoms with Crippen LogP contribution in [0.2, 0.25) is 0 Å². The molecular formula is C39H54N6O8S. The Morgan fingerprint density at radius 1 is 1.11 bits per heavy atom. The molecule has 15 heteroatoms. The number of nitrogens with zero attached hydrogens (tertiary/aromatic N) is 2. The van der Waals surface area contributed by atoms with Gasteiger partial charge in [0, 0.05) is 28.7 Å². The largest absolute Gasteiger partial charge is 0.494 e. The number of carbonyl (C=O) groups is 4. The van der Waals surface area contributed by atoms with Gasteiger partial charge in [-0.3, -0.25) is 19.1 Å². The molecule has 3 heterocycles. The summed E-state index contributed by atoms with van der Waals surface area (Å²) in [7, 11) is -6.76.